The van der Waals surface area contributed by atoms with E-state index in [4.69, 9.17) is 11.6 Å². The molecular formula is C15H13ClN2. The second kappa shape index (κ2) is 4.83. The van der Waals surface area contributed by atoms with E-state index < -0.39 is 0 Å². The lowest BCUT2D eigenvalue weighted by Gasteiger charge is -2.12. The van der Waals surface area contributed by atoms with Crippen LogP contribution in [0, 0.1) is 0 Å². The fraction of sp³-hybridized carbons (Fsp3) is 0.133. The highest BCUT2D eigenvalue weighted by molar-refractivity contribution is 6.18. The Morgan fingerprint density at radius 3 is 2.00 bits per heavy atom. The summed E-state index contributed by atoms with van der Waals surface area (Å²) < 4.78 is 0. The maximum Gasteiger partial charge on any atom is 0.0730 e. The van der Waals surface area contributed by atoms with Crippen molar-refractivity contribution >= 4 is 39.1 Å². The highest BCUT2D eigenvalue weighted by atomic mass is 35.5. The number of benzene rings is 2. The molecule has 0 saturated carbocycles. The van der Waals surface area contributed by atoms with Gasteiger partial charge < -0.3 is 5.32 Å². The molecule has 3 heteroatoms. The number of para-hydroxylation sites is 2. The van der Waals surface area contributed by atoms with Crippen molar-refractivity contribution in [3.63, 3.8) is 0 Å². The largest absolute Gasteiger partial charge is 0.383 e. The molecule has 3 rings (SSSR count). The minimum atomic E-state index is 0.588. The topological polar surface area (TPSA) is 24.9 Å². The molecule has 1 N–H and O–H groups in total. The van der Waals surface area contributed by atoms with E-state index in [1.807, 2.05) is 36.4 Å². The molecule has 1 aromatic heterocycles. The molecule has 2 nitrogen and oxygen atoms in total. The van der Waals surface area contributed by atoms with Gasteiger partial charge >= 0.3 is 0 Å². The zero-order valence-electron chi connectivity index (χ0n) is 9.86. The number of hydrogen-bond donors (Lipinski definition) is 1. The molecule has 0 atom stereocenters. The van der Waals surface area contributed by atoms with Gasteiger partial charge in [0.15, 0.2) is 0 Å². The molecule has 0 spiro atoms. The number of halogens is 1. The first-order valence-electron chi connectivity index (χ1n) is 5.97. The normalized spacial score (nSPS) is 10.9. The lowest BCUT2D eigenvalue weighted by atomic mass is 10.1. The molecule has 0 amide bonds. The number of pyridine rings is 1. The van der Waals surface area contributed by atoms with Crippen LogP contribution in [0.1, 0.15) is 0 Å². The summed E-state index contributed by atoms with van der Waals surface area (Å²) in [6.45, 7) is 0.750. The molecule has 0 aliphatic rings. The second-order valence-corrected chi connectivity index (χ2v) is 4.51. The third kappa shape index (κ3) is 1.89. The number of anilines is 1. The van der Waals surface area contributed by atoms with Crippen molar-refractivity contribution in [1.29, 1.82) is 0 Å². The summed E-state index contributed by atoms with van der Waals surface area (Å²) in [6.07, 6.45) is 0. The third-order valence-corrected chi connectivity index (χ3v) is 3.17. The monoisotopic (exact) mass is 256 g/mol. The average molecular weight is 257 g/mol. The summed E-state index contributed by atoms with van der Waals surface area (Å²) in [6, 6.07) is 16.3. The molecule has 0 radical (unpaired) electrons. The van der Waals surface area contributed by atoms with Crippen LogP contribution in [0.4, 0.5) is 5.69 Å². The fourth-order valence-electron chi connectivity index (χ4n) is 2.20. The molecule has 0 bridgehead atoms. The van der Waals surface area contributed by atoms with Crippen LogP contribution in [-0.2, 0) is 0 Å². The van der Waals surface area contributed by atoms with E-state index >= 15 is 0 Å². The van der Waals surface area contributed by atoms with Gasteiger partial charge in [0.2, 0.25) is 0 Å². The summed E-state index contributed by atoms with van der Waals surface area (Å²) in [5, 5.41) is 5.69. The van der Waals surface area contributed by atoms with Gasteiger partial charge in [0.1, 0.15) is 0 Å². The first-order valence-corrected chi connectivity index (χ1v) is 6.51. The van der Waals surface area contributed by atoms with E-state index in [2.05, 4.69) is 22.4 Å². The predicted molar refractivity (Wildman–Crippen MR) is 78.5 cm³/mol. The van der Waals surface area contributed by atoms with E-state index in [0.717, 1.165) is 34.0 Å². The Balaban J connectivity index is 2.34. The van der Waals surface area contributed by atoms with Crippen molar-refractivity contribution in [1.82, 2.24) is 4.98 Å². The van der Waals surface area contributed by atoms with Crippen LogP contribution in [0.15, 0.2) is 48.5 Å². The quantitative estimate of drug-likeness (QED) is 0.565. The van der Waals surface area contributed by atoms with E-state index in [9.17, 15) is 0 Å². The van der Waals surface area contributed by atoms with Gasteiger partial charge in [0.05, 0.1) is 16.7 Å². The van der Waals surface area contributed by atoms with Crippen LogP contribution >= 0.6 is 11.6 Å². The number of hydrogen-bond acceptors (Lipinski definition) is 2. The highest BCUT2D eigenvalue weighted by Crippen LogP contribution is 2.30. The van der Waals surface area contributed by atoms with E-state index in [0.29, 0.717) is 5.88 Å². The predicted octanol–water partition coefficient (Wildman–Crippen LogP) is 4.04. The smallest absolute Gasteiger partial charge is 0.0730 e. The molecule has 0 fully saturated rings. The Labute approximate surface area is 111 Å². The maximum absolute atomic E-state index is 5.78. The van der Waals surface area contributed by atoms with Crippen molar-refractivity contribution in [2.45, 2.75) is 0 Å². The number of rotatable bonds is 3. The summed E-state index contributed by atoms with van der Waals surface area (Å²) in [5.41, 5.74) is 3.14. The number of fused-ring (bicyclic) bond motifs is 2. The molecule has 0 unspecified atom stereocenters. The van der Waals surface area contributed by atoms with Gasteiger partial charge in [-0.05, 0) is 12.1 Å². The van der Waals surface area contributed by atoms with Gasteiger partial charge in [-0.15, -0.1) is 11.6 Å². The van der Waals surface area contributed by atoms with Crippen molar-refractivity contribution in [2.24, 2.45) is 0 Å². The van der Waals surface area contributed by atoms with Crippen LogP contribution in [0.2, 0.25) is 0 Å². The van der Waals surface area contributed by atoms with E-state index in [1.54, 1.807) is 0 Å². The van der Waals surface area contributed by atoms with Crippen molar-refractivity contribution < 1.29 is 0 Å². The Hall–Kier alpha value is -1.80. The molecule has 2 aromatic carbocycles. The van der Waals surface area contributed by atoms with Crippen LogP contribution in [0.3, 0.4) is 0 Å². The van der Waals surface area contributed by atoms with Crippen molar-refractivity contribution in [3.8, 4) is 0 Å². The van der Waals surface area contributed by atoms with E-state index in [-0.39, 0.29) is 0 Å². The lowest BCUT2D eigenvalue weighted by Crippen LogP contribution is -2.04. The number of alkyl halides is 1. The first kappa shape index (κ1) is 11.3. The van der Waals surface area contributed by atoms with Gasteiger partial charge in [0, 0.05) is 23.2 Å². The number of aromatic nitrogens is 1. The van der Waals surface area contributed by atoms with Gasteiger partial charge in [0.25, 0.3) is 0 Å². The van der Waals surface area contributed by atoms with Gasteiger partial charge in [-0.3, -0.25) is 0 Å². The molecule has 1 heterocycles. The third-order valence-electron chi connectivity index (χ3n) is 2.98. The SMILES string of the molecule is ClCCNc1c2ccccc2nc2ccccc12. The highest BCUT2D eigenvalue weighted by Gasteiger charge is 2.07. The summed E-state index contributed by atoms with van der Waals surface area (Å²) in [7, 11) is 0. The lowest BCUT2D eigenvalue weighted by molar-refractivity contribution is 1.23. The summed E-state index contributed by atoms with van der Waals surface area (Å²) >= 11 is 5.78. The van der Waals surface area contributed by atoms with Crippen LogP contribution in [0.25, 0.3) is 21.8 Å². The van der Waals surface area contributed by atoms with E-state index in [1.165, 1.54) is 0 Å². The van der Waals surface area contributed by atoms with Crippen LogP contribution < -0.4 is 5.32 Å². The molecule has 0 saturated heterocycles. The minimum absolute atomic E-state index is 0.588. The Bertz CT molecular complexity index is 640. The number of nitrogens with zero attached hydrogens (tertiary/aromatic N) is 1. The Morgan fingerprint density at radius 1 is 0.889 bits per heavy atom. The number of nitrogens with one attached hydrogen (secondary N) is 1. The fourth-order valence-corrected chi connectivity index (χ4v) is 2.30. The Kier molecular flexibility index (Phi) is 3.03. The van der Waals surface area contributed by atoms with Gasteiger partial charge in [-0.1, -0.05) is 36.4 Å². The Morgan fingerprint density at radius 2 is 1.44 bits per heavy atom. The molecular weight excluding hydrogens is 244 g/mol. The zero-order valence-corrected chi connectivity index (χ0v) is 10.6. The van der Waals surface area contributed by atoms with Crippen LogP contribution in [-0.4, -0.2) is 17.4 Å². The summed E-state index contributed by atoms with van der Waals surface area (Å²) in [4.78, 5) is 4.67. The standard InChI is InChI=1S/C15H13ClN2/c16-9-10-17-15-11-5-1-3-7-13(11)18-14-8-4-2-6-12(14)15/h1-8H,9-10H2,(H,17,18). The molecule has 3 aromatic rings. The van der Waals surface area contributed by atoms with Crippen LogP contribution in [0.5, 0.6) is 0 Å². The van der Waals surface area contributed by atoms with Crippen molar-refractivity contribution in [3.05, 3.63) is 48.5 Å². The van der Waals surface area contributed by atoms with Gasteiger partial charge in [-0.2, -0.15) is 0 Å². The molecule has 90 valence electrons. The van der Waals surface area contributed by atoms with Gasteiger partial charge in [-0.25, -0.2) is 4.98 Å². The minimum Gasteiger partial charge on any atom is -0.383 e. The molecule has 18 heavy (non-hydrogen) atoms. The second-order valence-electron chi connectivity index (χ2n) is 4.14. The molecule has 0 aliphatic heterocycles. The molecule has 0 aliphatic carbocycles. The summed E-state index contributed by atoms with van der Waals surface area (Å²) in [5.74, 6) is 0.588. The average Bonchev–Trinajstić information content (AvgIpc) is 2.43. The van der Waals surface area contributed by atoms with Crippen molar-refractivity contribution in [2.75, 3.05) is 17.7 Å². The maximum atomic E-state index is 5.78. The first-order chi connectivity index (χ1) is 8.90. The zero-order chi connectivity index (χ0) is 12.4.